The van der Waals surface area contributed by atoms with E-state index in [0.717, 1.165) is 73.9 Å². The quantitative estimate of drug-likeness (QED) is 0.584. The summed E-state index contributed by atoms with van der Waals surface area (Å²) in [7, 11) is 0. The SMILES string of the molecule is Cc1cc(OC2CN(Cc3ccccn3)C2)ccc1-c1cn(CC2CCCCO2)nn1. The predicted octanol–water partition coefficient (Wildman–Crippen LogP) is 3.48. The second-order valence-electron chi connectivity index (χ2n) is 8.55. The summed E-state index contributed by atoms with van der Waals surface area (Å²) in [4.78, 5) is 6.74. The lowest BCUT2D eigenvalue weighted by atomic mass is 10.1. The number of aromatic nitrogens is 4. The first-order valence-electron chi connectivity index (χ1n) is 11.1. The van der Waals surface area contributed by atoms with E-state index in [4.69, 9.17) is 9.47 Å². The summed E-state index contributed by atoms with van der Waals surface area (Å²) in [5.74, 6) is 0.909. The molecule has 1 aromatic carbocycles. The summed E-state index contributed by atoms with van der Waals surface area (Å²) in [6.07, 6.45) is 7.83. The maximum atomic E-state index is 6.18. The van der Waals surface area contributed by atoms with E-state index in [2.05, 4.69) is 45.3 Å². The highest BCUT2D eigenvalue weighted by Gasteiger charge is 2.28. The zero-order chi connectivity index (χ0) is 21.0. The van der Waals surface area contributed by atoms with Crippen molar-refractivity contribution in [3.63, 3.8) is 0 Å². The van der Waals surface area contributed by atoms with Crippen molar-refractivity contribution >= 4 is 0 Å². The number of hydrogen-bond donors (Lipinski definition) is 0. The van der Waals surface area contributed by atoms with E-state index in [1.165, 1.54) is 6.42 Å². The fourth-order valence-corrected chi connectivity index (χ4v) is 4.31. The smallest absolute Gasteiger partial charge is 0.124 e. The molecule has 4 heterocycles. The standard InChI is InChI=1S/C24H29N5O2/c1-18-12-20(31-22-14-28(15-22)13-19-6-2-4-10-25-19)8-9-23(18)24-17-29(27-26-24)16-21-7-3-5-11-30-21/h2,4,6,8-10,12,17,21-22H,3,5,7,11,13-16H2,1H3. The molecule has 0 spiro atoms. The topological polar surface area (TPSA) is 65.3 Å². The van der Waals surface area contributed by atoms with Crippen LogP contribution in [0.3, 0.4) is 0 Å². The molecule has 2 fully saturated rings. The van der Waals surface area contributed by atoms with Crippen molar-refractivity contribution in [3.05, 3.63) is 60.0 Å². The van der Waals surface area contributed by atoms with E-state index < -0.39 is 0 Å². The van der Waals surface area contributed by atoms with Crippen LogP contribution >= 0.6 is 0 Å². The largest absolute Gasteiger partial charge is 0.488 e. The van der Waals surface area contributed by atoms with Gasteiger partial charge in [0.25, 0.3) is 0 Å². The van der Waals surface area contributed by atoms with Gasteiger partial charge in [0.15, 0.2) is 0 Å². The monoisotopic (exact) mass is 419 g/mol. The minimum atomic E-state index is 0.227. The molecule has 3 aromatic rings. The van der Waals surface area contributed by atoms with Gasteiger partial charge in [-0.3, -0.25) is 9.88 Å². The van der Waals surface area contributed by atoms with Crippen LogP contribution in [0.4, 0.5) is 0 Å². The molecule has 0 amide bonds. The molecule has 0 N–H and O–H groups in total. The molecule has 1 atom stereocenters. The summed E-state index contributed by atoms with van der Waals surface area (Å²) in [6.45, 7) is 6.45. The second-order valence-corrected chi connectivity index (χ2v) is 8.55. The first kappa shape index (κ1) is 20.2. The van der Waals surface area contributed by atoms with E-state index in [9.17, 15) is 0 Å². The summed E-state index contributed by atoms with van der Waals surface area (Å²) >= 11 is 0. The molecule has 2 aromatic heterocycles. The number of rotatable bonds is 7. The van der Waals surface area contributed by atoms with Crippen molar-refractivity contribution in [1.29, 1.82) is 0 Å². The lowest BCUT2D eigenvalue weighted by Gasteiger charge is -2.38. The van der Waals surface area contributed by atoms with Gasteiger partial charge < -0.3 is 9.47 Å². The van der Waals surface area contributed by atoms with Crippen LogP contribution in [0.1, 0.15) is 30.5 Å². The van der Waals surface area contributed by atoms with E-state index >= 15 is 0 Å². The third-order valence-electron chi connectivity index (χ3n) is 6.02. The van der Waals surface area contributed by atoms with Gasteiger partial charge in [0, 0.05) is 38.0 Å². The van der Waals surface area contributed by atoms with Crippen LogP contribution in [0, 0.1) is 6.92 Å². The van der Waals surface area contributed by atoms with Crippen molar-refractivity contribution < 1.29 is 9.47 Å². The van der Waals surface area contributed by atoms with Gasteiger partial charge in [0.1, 0.15) is 17.5 Å². The molecule has 162 valence electrons. The van der Waals surface area contributed by atoms with Crippen molar-refractivity contribution in [2.45, 2.75) is 51.5 Å². The van der Waals surface area contributed by atoms with Gasteiger partial charge in [-0.15, -0.1) is 5.10 Å². The fourth-order valence-electron chi connectivity index (χ4n) is 4.31. The third kappa shape index (κ3) is 4.94. The zero-order valence-corrected chi connectivity index (χ0v) is 18.0. The minimum Gasteiger partial charge on any atom is -0.488 e. The van der Waals surface area contributed by atoms with Crippen molar-refractivity contribution in [2.24, 2.45) is 0 Å². The van der Waals surface area contributed by atoms with Crippen LogP contribution < -0.4 is 4.74 Å². The Morgan fingerprint density at radius 3 is 2.87 bits per heavy atom. The second kappa shape index (κ2) is 9.16. The Labute approximate surface area is 183 Å². The van der Waals surface area contributed by atoms with Crippen LogP contribution in [0.2, 0.25) is 0 Å². The van der Waals surface area contributed by atoms with Gasteiger partial charge in [-0.05, 0) is 62.1 Å². The lowest BCUT2D eigenvalue weighted by molar-refractivity contribution is 0.00370. The molecular weight excluding hydrogens is 390 g/mol. The van der Waals surface area contributed by atoms with Crippen molar-refractivity contribution in [3.8, 4) is 17.0 Å². The van der Waals surface area contributed by atoms with Crippen LogP contribution in [-0.2, 0) is 17.8 Å². The molecule has 7 heteroatoms. The fraction of sp³-hybridized carbons (Fsp3) is 0.458. The molecule has 2 aliphatic rings. The minimum absolute atomic E-state index is 0.227. The van der Waals surface area contributed by atoms with E-state index in [1.807, 2.05) is 35.3 Å². The van der Waals surface area contributed by atoms with E-state index in [-0.39, 0.29) is 12.2 Å². The van der Waals surface area contributed by atoms with E-state index in [1.54, 1.807) is 0 Å². The van der Waals surface area contributed by atoms with E-state index in [0.29, 0.717) is 0 Å². The van der Waals surface area contributed by atoms with Crippen molar-refractivity contribution in [2.75, 3.05) is 19.7 Å². The highest BCUT2D eigenvalue weighted by Crippen LogP contribution is 2.27. The first-order valence-corrected chi connectivity index (χ1v) is 11.1. The molecule has 0 aliphatic carbocycles. The van der Waals surface area contributed by atoms with Gasteiger partial charge in [-0.1, -0.05) is 11.3 Å². The third-order valence-corrected chi connectivity index (χ3v) is 6.02. The maximum absolute atomic E-state index is 6.18. The number of aryl methyl sites for hydroxylation is 1. The lowest BCUT2D eigenvalue weighted by Crippen LogP contribution is -2.53. The first-order chi connectivity index (χ1) is 15.2. The van der Waals surface area contributed by atoms with Gasteiger partial charge in [-0.25, -0.2) is 4.68 Å². The Kier molecular flexibility index (Phi) is 5.95. The number of hydrogen-bond acceptors (Lipinski definition) is 6. The van der Waals surface area contributed by atoms with Crippen LogP contribution in [0.15, 0.2) is 48.8 Å². The van der Waals surface area contributed by atoms with Crippen LogP contribution in [-0.4, -0.2) is 56.8 Å². The van der Waals surface area contributed by atoms with Crippen LogP contribution in [0.5, 0.6) is 5.75 Å². The zero-order valence-electron chi connectivity index (χ0n) is 18.0. The molecule has 7 nitrogen and oxygen atoms in total. The average Bonchev–Trinajstić information content (AvgIpc) is 3.22. The molecule has 5 rings (SSSR count). The van der Waals surface area contributed by atoms with Gasteiger partial charge in [-0.2, -0.15) is 0 Å². The molecule has 0 saturated carbocycles. The molecule has 0 radical (unpaired) electrons. The Balaban J connectivity index is 1.15. The van der Waals surface area contributed by atoms with Gasteiger partial charge in [0.05, 0.1) is 24.5 Å². The predicted molar refractivity (Wildman–Crippen MR) is 118 cm³/mol. The van der Waals surface area contributed by atoms with Gasteiger partial charge in [0.2, 0.25) is 0 Å². The molecule has 1 unspecified atom stereocenters. The molecule has 0 bridgehead atoms. The molecule has 2 saturated heterocycles. The Hall–Kier alpha value is -2.77. The molecule has 2 aliphatic heterocycles. The Morgan fingerprint density at radius 2 is 2.10 bits per heavy atom. The Bertz CT molecular complexity index is 994. The summed E-state index contributed by atoms with van der Waals surface area (Å²) < 4.78 is 13.9. The number of benzene rings is 1. The van der Waals surface area contributed by atoms with Crippen molar-refractivity contribution in [1.82, 2.24) is 24.9 Å². The number of likely N-dealkylation sites (tertiary alicyclic amines) is 1. The molecular formula is C24H29N5O2. The summed E-state index contributed by atoms with van der Waals surface area (Å²) in [5, 5.41) is 8.69. The molecule has 31 heavy (non-hydrogen) atoms. The highest BCUT2D eigenvalue weighted by atomic mass is 16.5. The number of nitrogens with zero attached hydrogens (tertiary/aromatic N) is 5. The highest BCUT2D eigenvalue weighted by molar-refractivity contribution is 5.63. The van der Waals surface area contributed by atoms with Gasteiger partial charge >= 0.3 is 0 Å². The number of pyridine rings is 1. The summed E-state index contributed by atoms with van der Waals surface area (Å²) in [5.41, 5.74) is 4.23. The average molecular weight is 420 g/mol. The Morgan fingerprint density at radius 1 is 1.16 bits per heavy atom. The normalized spacial score (nSPS) is 19.8. The maximum Gasteiger partial charge on any atom is 0.124 e. The van der Waals surface area contributed by atoms with Crippen LogP contribution in [0.25, 0.3) is 11.3 Å². The summed E-state index contributed by atoms with van der Waals surface area (Å²) in [6, 6.07) is 12.3. The number of ether oxygens (including phenoxy) is 2.